The highest BCUT2D eigenvalue weighted by Crippen LogP contribution is 2.17. The van der Waals surface area contributed by atoms with Crippen molar-refractivity contribution >= 4 is 5.91 Å². The van der Waals surface area contributed by atoms with E-state index in [1.807, 2.05) is 18.7 Å². The number of likely N-dealkylation sites (tertiary alicyclic amines) is 1. The summed E-state index contributed by atoms with van der Waals surface area (Å²) >= 11 is 0. The lowest BCUT2D eigenvalue weighted by atomic mass is 9.97. The number of carbonyl (C=O) groups excluding carboxylic acids is 1. The number of amides is 1. The number of hydrogen-bond acceptors (Lipinski definition) is 2. The molecule has 0 aromatic heterocycles. The molecule has 1 unspecified atom stereocenters. The van der Waals surface area contributed by atoms with Crippen LogP contribution in [0.15, 0.2) is 0 Å². The molecular formula is C11H22N2O. The monoisotopic (exact) mass is 198 g/mol. The summed E-state index contributed by atoms with van der Waals surface area (Å²) in [7, 11) is 0. The molecule has 1 heterocycles. The van der Waals surface area contributed by atoms with Crippen LogP contribution in [0.25, 0.3) is 0 Å². The van der Waals surface area contributed by atoms with Crippen LogP contribution in [-0.4, -0.2) is 29.9 Å². The van der Waals surface area contributed by atoms with E-state index in [0.717, 1.165) is 31.8 Å². The molecule has 0 aromatic carbocycles. The second kappa shape index (κ2) is 4.78. The van der Waals surface area contributed by atoms with E-state index in [-0.39, 0.29) is 17.9 Å². The standard InChI is InChI=1S/C11H22N2O/c1-8(2)10(12)11(14)13-6-4-9(3)5-7-13/h8-10H,4-7,12H2,1-3H3. The van der Waals surface area contributed by atoms with Gasteiger partial charge in [-0.15, -0.1) is 0 Å². The fraction of sp³-hybridized carbons (Fsp3) is 0.909. The maximum atomic E-state index is 11.8. The van der Waals surface area contributed by atoms with E-state index < -0.39 is 0 Å². The Morgan fingerprint density at radius 3 is 2.29 bits per heavy atom. The molecule has 1 rings (SSSR count). The predicted octanol–water partition coefficient (Wildman–Crippen LogP) is 1.23. The molecule has 0 spiro atoms. The zero-order chi connectivity index (χ0) is 10.7. The van der Waals surface area contributed by atoms with Gasteiger partial charge in [-0.3, -0.25) is 4.79 Å². The quantitative estimate of drug-likeness (QED) is 0.725. The number of nitrogens with two attached hydrogens (primary N) is 1. The summed E-state index contributed by atoms with van der Waals surface area (Å²) < 4.78 is 0. The van der Waals surface area contributed by atoms with Crippen molar-refractivity contribution in [1.29, 1.82) is 0 Å². The van der Waals surface area contributed by atoms with E-state index >= 15 is 0 Å². The lowest BCUT2D eigenvalue weighted by Crippen LogP contribution is -2.49. The van der Waals surface area contributed by atoms with Gasteiger partial charge in [-0.2, -0.15) is 0 Å². The number of piperidine rings is 1. The van der Waals surface area contributed by atoms with Gasteiger partial charge in [0.2, 0.25) is 5.91 Å². The molecule has 1 atom stereocenters. The smallest absolute Gasteiger partial charge is 0.239 e. The normalized spacial score (nSPS) is 21.4. The first-order valence-electron chi connectivity index (χ1n) is 5.56. The molecule has 0 aliphatic carbocycles. The highest BCUT2D eigenvalue weighted by molar-refractivity contribution is 5.81. The van der Waals surface area contributed by atoms with Gasteiger partial charge in [0.1, 0.15) is 0 Å². The van der Waals surface area contributed by atoms with Crippen molar-refractivity contribution in [3.05, 3.63) is 0 Å². The first kappa shape index (κ1) is 11.5. The highest BCUT2D eigenvalue weighted by Gasteiger charge is 2.26. The zero-order valence-corrected chi connectivity index (χ0v) is 9.49. The van der Waals surface area contributed by atoms with Crippen LogP contribution >= 0.6 is 0 Å². The first-order chi connectivity index (χ1) is 6.52. The molecule has 1 amide bonds. The van der Waals surface area contributed by atoms with E-state index in [1.54, 1.807) is 0 Å². The molecule has 14 heavy (non-hydrogen) atoms. The molecule has 1 aliphatic heterocycles. The van der Waals surface area contributed by atoms with Crippen LogP contribution in [0.3, 0.4) is 0 Å². The fourth-order valence-corrected chi connectivity index (χ4v) is 1.72. The Hall–Kier alpha value is -0.570. The molecule has 82 valence electrons. The Morgan fingerprint density at radius 2 is 1.86 bits per heavy atom. The van der Waals surface area contributed by atoms with Gasteiger partial charge in [-0.1, -0.05) is 20.8 Å². The van der Waals surface area contributed by atoms with Crippen LogP contribution in [0.2, 0.25) is 0 Å². The van der Waals surface area contributed by atoms with Crippen LogP contribution in [-0.2, 0) is 4.79 Å². The van der Waals surface area contributed by atoms with Crippen LogP contribution in [0, 0.1) is 11.8 Å². The lowest BCUT2D eigenvalue weighted by molar-refractivity contribution is -0.134. The Bertz CT molecular complexity index is 195. The predicted molar refractivity (Wildman–Crippen MR) is 57.8 cm³/mol. The van der Waals surface area contributed by atoms with Crippen LogP contribution in [0.5, 0.6) is 0 Å². The molecule has 1 saturated heterocycles. The van der Waals surface area contributed by atoms with Gasteiger partial charge in [0.25, 0.3) is 0 Å². The van der Waals surface area contributed by atoms with Crippen molar-refractivity contribution in [2.45, 2.75) is 39.7 Å². The van der Waals surface area contributed by atoms with Crippen LogP contribution in [0.4, 0.5) is 0 Å². The number of carbonyl (C=O) groups is 1. The van der Waals surface area contributed by atoms with Gasteiger partial charge < -0.3 is 10.6 Å². The van der Waals surface area contributed by atoms with E-state index in [1.165, 1.54) is 0 Å². The van der Waals surface area contributed by atoms with E-state index in [4.69, 9.17) is 5.73 Å². The minimum atomic E-state index is -0.316. The van der Waals surface area contributed by atoms with Crippen molar-refractivity contribution < 1.29 is 4.79 Å². The third-order valence-electron chi connectivity index (χ3n) is 3.10. The SMILES string of the molecule is CC1CCN(C(=O)C(N)C(C)C)CC1. The third-order valence-corrected chi connectivity index (χ3v) is 3.10. The third kappa shape index (κ3) is 2.71. The van der Waals surface area contributed by atoms with Gasteiger partial charge >= 0.3 is 0 Å². The Kier molecular flexibility index (Phi) is 3.93. The average molecular weight is 198 g/mol. The summed E-state index contributed by atoms with van der Waals surface area (Å²) in [5, 5.41) is 0. The summed E-state index contributed by atoms with van der Waals surface area (Å²) in [6.07, 6.45) is 2.24. The summed E-state index contributed by atoms with van der Waals surface area (Å²) in [6.45, 7) is 8.01. The van der Waals surface area contributed by atoms with Crippen LogP contribution in [0.1, 0.15) is 33.6 Å². The van der Waals surface area contributed by atoms with Gasteiger partial charge in [0.05, 0.1) is 6.04 Å². The average Bonchev–Trinajstić information content (AvgIpc) is 2.16. The molecule has 0 saturated carbocycles. The number of hydrogen-bond donors (Lipinski definition) is 1. The van der Waals surface area contributed by atoms with Gasteiger partial charge in [0, 0.05) is 13.1 Å². The zero-order valence-electron chi connectivity index (χ0n) is 9.49. The van der Waals surface area contributed by atoms with Gasteiger partial charge in [0.15, 0.2) is 0 Å². The highest BCUT2D eigenvalue weighted by atomic mass is 16.2. The van der Waals surface area contributed by atoms with Crippen molar-refractivity contribution in [3.63, 3.8) is 0 Å². The molecule has 1 fully saturated rings. The summed E-state index contributed by atoms with van der Waals surface area (Å²) in [5.41, 5.74) is 5.83. The van der Waals surface area contributed by atoms with E-state index in [2.05, 4.69) is 6.92 Å². The molecule has 3 heteroatoms. The van der Waals surface area contributed by atoms with Crippen molar-refractivity contribution in [2.75, 3.05) is 13.1 Å². The molecule has 0 bridgehead atoms. The molecule has 3 nitrogen and oxygen atoms in total. The molecule has 0 aromatic rings. The van der Waals surface area contributed by atoms with Crippen LogP contribution < -0.4 is 5.73 Å². The minimum absolute atomic E-state index is 0.131. The van der Waals surface area contributed by atoms with Crippen molar-refractivity contribution in [1.82, 2.24) is 4.90 Å². The topological polar surface area (TPSA) is 46.3 Å². The first-order valence-corrected chi connectivity index (χ1v) is 5.56. The molecule has 1 aliphatic rings. The summed E-state index contributed by atoms with van der Waals surface area (Å²) in [6, 6.07) is -0.316. The lowest BCUT2D eigenvalue weighted by Gasteiger charge is -2.32. The molecule has 0 radical (unpaired) electrons. The van der Waals surface area contributed by atoms with Crippen molar-refractivity contribution in [2.24, 2.45) is 17.6 Å². The second-order valence-electron chi connectivity index (χ2n) is 4.78. The van der Waals surface area contributed by atoms with Gasteiger partial charge in [-0.05, 0) is 24.7 Å². The summed E-state index contributed by atoms with van der Waals surface area (Å²) in [4.78, 5) is 13.8. The Morgan fingerprint density at radius 1 is 1.36 bits per heavy atom. The molecule has 2 N–H and O–H groups in total. The maximum absolute atomic E-state index is 11.8. The summed E-state index contributed by atoms with van der Waals surface area (Å²) in [5.74, 6) is 1.13. The Labute approximate surface area is 86.6 Å². The maximum Gasteiger partial charge on any atom is 0.239 e. The van der Waals surface area contributed by atoms with Gasteiger partial charge in [-0.25, -0.2) is 0 Å². The fourth-order valence-electron chi connectivity index (χ4n) is 1.72. The van der Waals surface area contributed by atoms with E-state index in [0.29, 0.717) is 0 Å². The van der Waals surface area contributed by atoms with E-state index in [9.17, 15) is 4.79 Å². The minimum Gasteiger partial charge on any atom is -0.341 e. The number of rotatable bonds is 2. The molecular weight excluding hydrogens is 176 g/mol. The second-order valence-corrected chi connectivity index (χ2v) is 4.78. The largest absolute Gasteiger partial charge is 0.341 e. The Balaban J connectivity index is 2.45. The van der Waals surface area contributed by atoms with Crippen molar-refractivity contribution in [3.8, 4) is 0 Å². The number of nitrogens with zero attached hydrogens (tertiary/aromatic N) is 1.